The number of thioether (sulfide) groups is 1. The van der Waals surface area contributed by atoms with Crippen LogP contribution in [0.15, 0.2) is 42.6 Å². The number of nitrogens with zero attached hydrogens (tertiary/aromatic N) is 1. The number of halogens is 3. The Bertz CT molecular complexity index is 670. The second-order valence-electron chi connectivity index (χ2n) is 4.70. The number of carbonyl (C=O) groups is 1. The van der Waals surface area contributed by atoms with Gasteiger partial charge in [0, 0.05) is 23.3 Å². The van der Waals surface area contributed by atoms with Gasteiger partial charge < -0.3 is 0 Å². The number of Topliss-reactive ketones (excluding diaryl/α,β-unsaturated/α-hetero) is 1. The largest absolute Gasteiger partial charge is 0.416 e. The van der Waals surface area contributed by atoms with Crippen molar-refractivity contribution in [3.05, 3.63) is 65.0 Å². The first-order valence-corrected chi connectivity index (χ1v) is 7.72. The number of carbonyl (C=O) groups excluding carboxylic acids is 1. The Hall–Kier alpha value is -1.82. The molecule has 0 saturated heterocycles. The first kappa shape index (κ1) is 16.5. The van der Waals surface area contributed by atoms with E-state index in [4.69, 9.17) is 0 Å². The van der Waals surface area contributed by atoms with E-state index in [2.05, 4.69) is 4.98 Å². The molecule has 0 saturated carbocycles. The van der Waals surface area contributed by atoms with E-state index >= 15 is 0 Å². The SMILES string of the molecule is CC(=O)c1cccnc1CSCc1ccccc1C(F)(F)F. The summed E-state index contributed by atoms with van der Waals surface area (Å²) < 4.78 is 38.7. The molecule has 0 bridgehead atoms. The molecule has 1 aromatic carbocycles. The molecule has 2 rings (SSSR count). The number of rotatable bonds is 5. The van der Waals surface area contributed by atoms with Crippen molar-refractivity contribution in [1.29, 1.82) is 0 Å². The predicted molar refractivity (Wildman–Crippen MR) is 80.7 cm³/mol. The highest BCUT2D eigenvalue weighted by molar-refractivity contribution is 7.97. The monoisotopic (exact) mass is 325 g/mol. The minimum atomic E-state index is -4.35. The zero-order chi connectivity index (χ0) is 16.2. The van der Waals surface area contributed by atoms with Gasteiger partial charge in [0.25, 0.3) is 0 Å². The zero-order valence-corrected chi connectivity index (χ0v) is 12.7. The summed E-state index contributed by atoms with van der Waals surface area (Å²) in [4.78, 5) is 15.6. The summed E-state index contributed by atoms with van der Waals surface area (Å²) in [5.74, 6) is 0.505. The highest BCUT2D eigenvalue weighted by Crippen LogP contribution is 2.33. The summed E-state index contributed by atoms with van der Waals surface area (Å²) in [5, 5.41) is 0. The van der Waals surface area contributed by atoms with Gasteiger partial charge in [-0.3, -0.25) is 9.78 Å². The smallest absolute Gasteiger partial charge is 0.294 e. The van der Waals surface area contributed by atoms with Crippen LogP contribution in [0.3, 0.4) is 0 Å². The molecule has 0 aliphatic carbocycles. The molecule has 2 nitrogen and oxygen atoms in total. The summed E-state index contributed by atoms with van der Waals surface area (Å²) in [6.07, 6.45) is -2.78. The predicted octanol–water partition coefficient (Wildman–Crippen LogP) is 4.74. The van der Waals surface area contributed by atoms with Gasteiger partial charge in [-0.15, -0.1) is 0 Å². The molecule has 22 heavy (non-hydrogen) atoms. The number of hydrogen-bond acceptors (Lipinski definition) is 3. The minimum absolute atomic E-state index is 0.0978. The van der Waals surface area contributed by atoms with Crippen LogP contribution >= 0.6 is 11.8 Å². The highest BCUT2D eigenvalue weighted by atomic mass is 32.2. The Balaban J connectivity index is 2.08. The van der Waals surface area contributed by atoms with E-state index in [1.807, 2.05) is 0 Å². The van der Waals surface area contributed by atoms with Crippen LogP contribution in [0, 0.1) is 0 Å². The lowest BCUT2D eigenvalue weighted by Crippen LogP contribution is -2.08. The maximum Gasteiger partial charge on any atom is 0.416 e. The number of benzene rings is 1. The third-order valence-electron chi connectivity index (χ3n) is 3.09. The van der Waals surface area contributed by atoms with Gasteiger partial charge in [0.15, 0.2) is 5.78 Å². The molecule has 0 aliphatic rings. The first-order valence-electron chi connectivity index (χ1n) is 6.57. The van der Waals surface area contributed by atoms with Gasteiger partial charge in [0.1, 0.15) is 0 Å². The number of alkyl halides is 3. The molecule has 6 heteroatoms. The quantitative estimate of drug-likeness (QED) is 0.744. The lowest BCUT2D eigenvalue weighted by molar-refractivity contribution is -0.138. The van der Waals surface area contributed by atoms with Crippen molar-refractivity contribution in [3.63, 3.8) is 0 Å². The van der Waals surface area contributed by atoms with Gasteiger partial charge >= 0.3 is 6.18 Å². The molecule has 0 N–H and O–H groups in total. The molecule has 0 unspecified atom stereocenters. The molecule has 0 radical (unpaired) electrons. The first-order chi connectivity index (χ1) is 10.4. The van der Waals surface area contributed by atoms with Crippen molar-refractivity contribution in [2.75, 3.05) is 0 Å². The fraction of sp³-hybridized carbons (Fsp3) is 0.250. The fourth-order valence-corrected chi connectivity index (χ4v) is 3.05. The van der Waals surface area contributed by atoms with E-state index in [9.17, 15) is 18.0 Å². The van der Waals surface area contributed by atoms with Crippen LogP contribution in [0.1, 0.15) is 34.1 Å². The lowest BCUT2D eigenvalue weighted by Gasteiger charge is -2.12. The van der Waals surface area contributed by atoms with Crippen molar-refractivity contribution in [2.24, 2.45) is 0 Å². The summed E-state index contributed by atoms with van der Waals surface area (Å²) in [6, 6.07) is 8.87. The van der Waals surface area contributed by atoms with Crippen molar-refractivity contribution in [2.45, 2.75) is 24.6 Å². The Labute approximate surface area is 130 Å². The van der Waals surface area contributed by atoms with E-state index in [0.29, 0.717) is 17.0 Å². The molecule has 116 valence electrons. The van der Waals surface area contributed by atoms with Crippen LogP contribution in [-0.4, -0.2) is 10.8 Å². The van der Waals surface area contributed by atoms with E-state index in [1.165, 1.54) is 30.8 Å². The Morgan fingerprint density at radius 3 is 2.55 bits per heavy atom. The van der Waals surface area contributed by atoms with Gasteiger partial charge in [0.2, 0.25) is 0 Å². The highest BCUT2D eigenvalue weighted by Gasteiger charge is 2.32. The molecular weight excluding hydrogens is 311 g/mol. The van der Waals surface area contributed by atoms with Crippen LogP contribution < -0.4 is 0 Å². The number of ketones is 1. The molecule has 1 heterocycles. The summed E-state index contributed by atoms with van der Waals surface area (Å²) in [5.41, 5.74) is 0.735. The Kier molecular flexibility index (Phi) is 5.24. The second-order valence-corrected chi connectivity index (χ2v) is 5.69. The van der Waals surface area contributed by atoms with Crippen molar-refractivity contribution in [1.82, 2.24) is 4.98 Å². The lowest BCUT2D eigenvalue weighted by atomic mass is 10.1. The topological polar surface area (TPSA) is 30.0 Å². The third-order valence-corrected chi connectivity index (χ3v) is 4.08. The van der Waals surface area contributed by atoms with Crippen LogP contribution in [0.25, 0.3) is 0 Å². The Morgan fingerprint density at radius 1 is 1.14 bits per heavy atom. The third kappa shape index (κ3) is 4.10. The molecule has 0 spiro atoms. The molecule has 2 aromatic rings. The summed E-state index contributed by atoms with van der Waals surface area (Å²) >= 11 is 1.31. The van der Waals surface area contributed by atoms with E-state index in [0.717, 1.165) is 6.07 Å². The summed E-state index contributed by atoms with van der Waals surface area (Å²) in [6.45, 7) is 1.45. The number of aromatic nitrogens is 1. The maximum absolute atomic E-state index is 12.9. The standard InChI is InChI=1S/C16H14F3NOS/c1-11(21)13-6-4-8-20-15(13)10-22-9-12-5-2-3-7-14(12)16(17,18)19/h2-8H,9-10H2,1H3. The van der Waals surface area contributed by atoms with Crippen molar-refractivity contribution < 1.29 is 18.0 Å². The van der Waals surface area contributed by atoms with Gasteiger partial charge in [-0.25, -0.2) is 0 Å². The van der Waals surface area contributed by atoms with E-state index < -0.39 is 11.7 Å². The van der Waals surface area contributed by atoms with E-state index in [-0.39, 0.29) is 17.1 Å². The second kappa shape index (κ2) is 6.96. The fourth-order valence-electron chi connectivity index (χ4n) is 2.05. The van der Waals surface area contributed by atoms with Crippen LogP contribution in [0.5, 0.6) is 0 Å². The van der Waals surface area contributed by atoms with Crippen LogP contribution in [-0.2, 0) is 17.7 Å². The molecule has 0 amide bonds. The Morgan fingerprint density at radius 2 is 1.86 bits per heavy atom. The summed E-state index contributed by atoms with van der Waals surface area (Å²) in [7, 11) is 0. The zero-order valence-electron chi connectivity index (χ0n) is 11.9. The normalized spacial score (nSPS) is 11.5. The minimum Gasteiger partial charge on any atom is -0.294 e. The molecule has 1 aromatic heterocycles. The van der Waals surface area contributed by atoms with E-state index in [1.54, 1.807) is 24.4 Å². The number of pyridine rings is 1. The number of hydrogen-bond donors (Lipinski definition) is 0. The van der Waals surface area contributed by atoms with Crippen molar-refractivity contribution in [3.8, 4) is 0 Å². The maximum atomic E-state index is 12.9. The van der Waals surface area contributed by atoms with Crippen molar-refractivity contribution >= 4 is 17.5 Å². The van der Waals surface area contributed by atoms with Crippen LogP contribution in [0.4, 0.5) is 13.2 Å². The van der Waals surface area contributed by atoms with Crippen LogP contribution in [0.2, 0.25) is 0 Å². The average Bonchev–Trinajstić information content (AvgIpc) is 2.47. The molecular formula is C16H14F3NOS. The molecule has 0 aliphatic heterocycles. The molecule has 0 atom stereocenters. The van der Waals surface area contributed by atoms with Gasteiger partial charge in [-0.1, -0.05) is 18.2 Å². The van der Waals surface area contributed by atoms with Gasteiger partial charge in [-0.05, 0) is 30.7 Å². The van der Waals surface area contributed by atoms with Gasteiger partial charge in [0.05, 0.1) is 11.3 Å². The van der Waals surface area contributed by atoms with Gasteiger partial charge in [-0.2, -0.15) is 24.9 Å². The average molecular weight is 325 g/mol. The molecule has 0 fully saturated rings.